The minimum atomic E-state index is -4.60. The van der Waals surface area contributed by atoms with Crippen LogP contribution in [0.25, 0.3) is 10.8 Å². The van der Waals surface area contributed by atoms with Gasteiger partial charge in [0.25, 0.3) is 5.56 Å². The van der Waals surface area contributed by atoms with Gasteiger partial charge in [-0.25, -0.2) is 9.55 Å². The van der Waals surface area contributed by atoms with Gasteiger partial charge in [0.2, 0.25) is 5.95 Å². The molecule has 4 rings (SSSR count). The van der Waals surface area contributed by atoms with Crippen LogP contribution in [0.1, 0.15) is 31.2 Å². The third kappa shape index (κ3) is 4.50. The molecule has 1 aliphatic carbocycles. The summed E-state index contributed by atoms with van der Waals surface area (Å²) in [7, 11) is 0. The van der Waals surface area contributed by atoms with E-state index in [1.165, 1.54) is 12.3 Å². The number of rotatable bonds is 4. The quantitative estimate of drug-likeness (QED) is 0.564. The molecule has 0 saturated heterocycles. The summed E-state index contributed by atoms with van der Waals surface area (Å²) in [5.74, 6) is -0.300. The second kappa shape index (κ2) is 8.47. The van der Waals surface area contributed by atoms with Gasteiger partial charge in [-0.2, -0.15) is 23.4 Å². The molecule has 2 aromatic heterocycles. The van der Waals surface area contributed by atoms with Crippen molar-refractivity contribution in [3.05, 3.63) is 52.6 Å². The summed E-state index contributed by atoms with van der Waals surface area (Å²) in [5.41, 5.74) is 4.98. The molecule has 0 amide bonds. The monoisotopic (exact) mass is 443 g/mol. The van der Waals surface area contributed by atoms with Gasteiger partial charge in [0.1, 0.15) is 11.4 Å². The molecule has 11 heteroatoms. The number of aromatic nitrogens is 3. The summed E-state index contributed by atoms with van der Waals surface area (Å²) in [6, 6.07) is 6.25. The van der Waals surface area contributed by atoms with E-state index >= 15 is 0 Å². The highest BCUT2D eigenvalue weighted by atomic mass is 19.4. The molecule has 4 N–H and O–H groups in total. The molecule has 2 heterocycles. The van der Waals surface area contributed by atoms with Crippen molar-refractivity contribution in [1.82, 2.24) is 14.5 Å². The predicted octanol–water partition coefficient (Wildman–Crippen LogP) is 3.56. The number of benzene rings is 1. The number of hydrogen-bond donors (Lipinski definition) is 3. The van der Waals surface area contributed by atoms with Gasteiger partial charge in [-0.3, -0.25) is 4.79 Å². The van der Waals surface area contributed by atoms with Crippen LogP contribution in [0.3, 0.4) is 0 Å². The maximum atomic E-state index is 13.5. The predicted molar refractivity (Wildman–Crippen MR) is 113 cm³/mol. The number of hydrogen-bond acceptors (Lipinski definition) is 7. The van der Waals surface area contributed by atoms with Gasteiger partial charge in [-0.1, -0.05) is 0 Å². The van der Waals surface area contributed by atoms with E-state index in [1.807, 2.05) is 0 Å². The number of nitrogens with zero attached hydrogens (tertiary/aromatic N) is 4. The van der Waals surface area contributed by atoms with Gasteiger partial charge in [-0.15, -0.1) is 0 Å². The Hall–Kier alpha value is -3.65. The molecule has 0 aliphatic heterocycles. The summed E-state index contributed by atoms with van der Waals surface area (Å²) < 4.78 is 41.4. The third-order valence-corrected chi connectivity index (χ3v) is 5.47. The van der Waals surface area contributed by atoms with Crippen LogP contribution in [-0.4, -0.2) is 26.6 Å². The van der Waals surface area contributed by atoms with E-state index in [0.717, 1.165) is 23.6 Å². The minimum Gasteiger partial charge on any atom is -0.367 e. The highest BCUT2D eigenvalue weighted by Crippen LogP contribution is 2.35. The van der Waals surface area contributed by atoms with E-state index in [-0.39, 0.29) is 23.8 Å². The van der Waals surface area contributed by atoms with Crippen molar-refractivity contribution in [2.24, 2.45) is 5.73 Å². The highest BCUT2D eigenvalue weighted by molar-refractivity contribution is 5.85. The Morgan fingerprint density at radius 1 is 1.19 bits per heavy atom. The van der Waals surface area contributed by atoms with E-state index in [9.17, 15) is 18.0 Å². The van der Waals surface area contributed by atoms with Crippen molar-refractivity contribution >= 4 is 28.2 Å². The molecule has 0 bridgehead atoms. The van der Waals surface area contributed by atoms with Crippen LogP contribution >= 0.6 is 0 Å². The molecular formula is C21H20F3N7O. The topological polar surface area (TPSA) is 122 Å². The Bertz CT molecular complexity index is 1240. The summed E-state index contributed by atoms with van der Waals surface area (Å²) in [6.45, 7) is 0. The number of alkyl halides is 3. The average Bonchev–Trinajstić information content (AvgIpc) is 2.75. The fourth-order valence-corrected chi connectivity index (χ4v) is 3.75. The number of nitrogens with two attached hydrogens (primary N) is 1. The first-order valence-electron chi connectivity index (χ1n) is 10.0. The lowest BCUT2D eigenvalue weighted by atomic mass is 9.92. The van der Waals surface area contributed by atoms with Crippen LogP contribution in [0, 0.1) is 11.5 Å². The fourth-order valence-electron chi connectivity index (χ4n) is 3.75. The molecule has 1 aliphatic rings. The minimum absolute atomic E-state index is 0.0160. The molecule has 1 saturated carbocycles. The first-order chi connectivity index (χ1) is 15.2. The smallest absolute Gasteiger partial charge is 0.367 e. The Morgan fingerprint density at radius 2 is 1.94 bits per heavy atom. The zero-order chi connectivity index (χ0) is 22.9. The molecule has 166 valence electrons. The Balaban J connectivity index is 1.62. The molecule has 3 aromatic rings. The molecule has 1 fully saturated rings. The molecule has 0 unspecified atom stereocenters. The van der Waals surface area contributed by atoms with Crippen LogP contribution in [0.4, 0.5) is 30.6 Å². The van der Waals surface area contributed by atoms with Crippen LogP contribution in [0.15, 0.2) is 41.5 Å². The van der Waals surface area contributed by atoms with Crippen LogP contribution in [-0.2, 0) is 6.18 Å². The third-order valence-electron chi connectivity index (χ3n) is 5.47. The first kappa shape index (κ1) is 21.6. The van der Waals surface area contributed by atoms with E-state index in [2.05, 4.69) is 20.6 Å². The highest BCUT2D eigenvalue weighted by Gasteiger charge is 2.36. The SMILES string of the molecule is N#Cn1ccc2cc(Nc3ncc(C(F)(F)F)c(NC4CCC(N)CC4)n3)ccc2c1=O. The first-order valence-corrected chi connectivity index (χ1v) is 10.0. The summed E-state index contributed by atoms with van der Waals surface area (Å²) in [6.07, 6.45) is 2.06. The van der Waals surface area contributed by atoms with E-state index in [4.69, 9.17) is 11.0 Å². The van der Waals surface area contributed by atoms with Crippen LogP contribution in [0.2, 0.25) is 0 Å². The number of halogens is 3. The molecular weight excluding hydrogens is 423 g/mol. The molecule has 8 nitrogen and oxygen atoms in total. The van der Waals surface area contributed by atoms with Crippen LogP contribution < -0.4 is 21.9 Å². The van der Waals surface area contributed by atoms with Crippen molar-refractivity contribution < 1.29 is 13.2 Å². The van der Waals surface area contributed by atoms with Crippen molar-refractivity contribution in [2.45, 2.75) is 43.9 Å². The van der Waals surface area contributed by atoms with Crippen LogP contribution in [0.5, 0.6) is 0 Å². The summed E-state index contributed by atoms with van der Waals surface area (Å²) >= 11 is 0. The molecule has 1 aromatic carbocycles. The van der Waals surface area contributed by atoms with Crippen molar-refractivity contribution in [3.8, 4) is 6.19 Å². The van der Waals surface area contributed by atoms with Crippen molar-refractivity contribution in [2.75, 3.05) is 10.6 Å². The van der Waals surface area contributed by atoms with Crippen molar-refractivity contribution in [3.63, 3.8) is 0 Å². The average molecular weight is 443 g/mol. The Kier molecular flexibility index (Phi) is 5.71. The standard InChI is InChI=1S/C21H20F3N7O/c22-21(23,24)17-10-27-20(30-18(17)28-14-3-1-13(26)2-4-14)29-15-5-6-16-12(9-15)7-8-31(11-25)19(16)32/h5-10,13-14H,1-4,26H2,(H2,27,28,29,30). The maximum Gasteiger partial charge on any atom is 0.421 e. The van der Waals surface area contributed by atoms with E-state index in [1.54, 1.807) is 24.4 Å². The molecule has 0 spiro atoms. The normalized spacial score (nSPS) is 18.8. The number of nitrogens with one attached hydrogen (secondary N) is 2. The van der Waals surface area contributed by atoms with Gasteiger partial charge in [-0.05, 0) is 55.3 Å². The Labute approximate surface area is 180 Å². The number of anilines is 3. The van der Waals surface area contributed by atoms with Gasteiger partial charge in [0, 0.05) is 35.6 Å². The second-order valence-corrected chi connectivity index (χ2v) is 7.73. The van der Waals surface area contributed by atoms with Gasteiger partial charge in [0.15, 0.2) is 6.19 Å². The lowest BCUT2D eigenvalue weighted by Crippen LogP contribution is -2.33. The summed E-state index contributed by atoms with van der Waals surface area (Å²) in [5, 5.41) is 15.7. The number of fused-ring (bicyclic) bond motifs is 1. The van der Waals surface area contributed by atoms with Crippen molar-refractivity contribution in [1.29, 1.82) is 5.26 Å². The van der Waals surface area contributed by atoms with Gasteiger partial charge < -0.3 is 16.4 Å². The van der Waals surface area contributed by atoms with E-state index in [0.29, 0.717) is 29.3 Å². The lowest BCUT2D eigenvalue weighted by molar-refractivity contribution is -0.137. The zero-order valence-electron chi connectivity index (χ0n) is 16.9. The van der Waals surface area contributed by atoms with E-state index < -0.39 is 17.3 Å². The zero-order valence-corrected chi connectivity index (χ0v) is 16.9. The molecule has 32 heavy (non-hydrogen) atoms. The molecule has 0 radical (unpaired) electrons. The van der Waals surface area contributed by atoms with Gasteiger partial charge in [0.05, 0.1) is 0 Å². The maximum absolute atomic E-state index is 13.5. The largest absolute Gasteiger partial charge is 0.421 e. The molecule has 0 atom stereocenters. The summed E-state index contributed by atoms with van der Waals surface area (Å²) in [4.78, 5) is 20.1. The lowest BCUT2D eigenvalue weighted by Gasteiger charge is -2.28. The fraction of sp³-hybridized carbons (Fsp3) is 0.333. The number of pyridine rings is 1. The second-order valence-electron chi connectivity index (χ2n) is 7.73. The Morgan fingerprint density at radius 3 is 2.62 bits per heavy atom. The van der Waals surface area contributed by atoms with Gasteiger partial charge >= 0.3 is 6.18 Å². The number of nitriles is 1.